The lowest BCUT2D eigenvalue weighted by molar-refractivity contribution is 0.263. The Labute approximate surface area is 223 Å². The monoisotopic (exact) mass is 590 g/mol. The van der Waals surface area contributed by atoms with Crippen LogP contribution < -0.4 is 9.47 Å². The number of benzene rings is 3. The van der Waals surface area contributed by atoms with Gasteiger partial charge >= 0.3 is 0 Å². The Bertz CT molecular complexity index is 949. The Balaban J connectivity index is 1.84. The summed E-state index contributed by atoms with van der Waals surface area (Å²) in [6, 6.07) is 12.9. The largest absolute Gasteiger partial charge is 0.489 e. The van der Waals surface area contributed by atoms with Crippen molar-refractivity contribution in [2.24, 2.45) is 0 Å². The maximum absolute atomic E-state index is 6.49. The Morgan fingerprint density at radius 3 is 1.29 bits per heavy atom. The minimum atomic E-state index is 0.729. The predicted molar refractivity (Wildman–Crippen MR) is 155 cm³/mol. The summed E-state index contributed by atoms with van der Waals surface area (Å²) in [6.45, 7) is 5.98. The van der Waals surface area contributed by atoms with Gasteiger partial charge in [0.2, 0.25) is 0 Å². The maximum atomic E-state index is 6.49. The van der Waals surface area contributed by atoms with Crippen molar-refractivity contribution in [1.29, 1.82) is 0 Å². The molecule has 0 atom stereocenters. The van der Waals surface area contributed by atoms with Crippen LogP contribution >= 0.6 is 31.9 Å². The van der Waals surface area contributed by atoms with Crippen LogP contribution in [0.5, 0.6) is 11.5 Å². The number of halogens is 2. The molecule has 0 amide bonds. The highest BCUT2D eigenvalue weighted by Gasteiger charge is 2.18. The molecule has 4 heteroatoms. The Kier molecular flexibility index (Phi) is 12.0. The molecule has 0 fully saturated rings. The zero-order valence-corrected chi connectivity index (χ0v) is 24.1. The smallest absolute Gasteiger partial charge is 0.169 e. The van der Waals surface area contributed by atoms with Crippen LogP contribution in [0.1, 0.15) is 90.9 Å². The lowest BCUT2D eigenvalue weighted by Gasteiger charge is -2.19. The van der Waals surface area contributed by atoms with E-state index in [0.29, 0.717) is 0 Å². The molecule has 0 saturated carbocycles. The molecule has 0 aliphatic carbocycles. The van der Waals surface area contributed by atoms with Gasteiger partial charge in [0, 0.05) is 19.7 Å². The zero-order chi connectivity index (χ0) is 24.2. The van der Waals surface area contributed by atoms with Crippen LogP contribution in [0.4, 0.5) is 0 Å². The molecule has 0 N–H and O–H groups in total. The molecule has 3 aromatic rings. The van der Waals surface area contributed by atoms with E-state index in [4.69, 9.17) is 9.47 Å². The second-order valence-corrected chi connectivity index (χ2v) is 11.1. The molecule has 186 valence electrons. The number of hydrogen-bond donors (Lipinski definition) is 0. The fourth-order valence-corrected chi connectivity index (χ4v) is 5.24. The summed E-state index contributed by atoms with van der Waals surface area (Å²) in [6.07, 6.45) is 15.1. The van der Waals surface area contributed by atoms with E-state index in [2.05, 4.69) is 82.1 Å². The van der Waals surface area contributed by atoms with E-state index in [1.54, 1.807) is 0 Å². The van der Waals surface area contributed by atoms with Gasteiger partial charge in [-0.05, 0) is 60.0 Å². The first-order valence-electron chi connectivity index (χ1n) is 13.3. The highest BCUT2D eigenvalue weighted by molar-refractivity contribution is 9.10. The van der Waals surface area contributed by atoms with Crippen LogP contribution in [-0.4, -0.2) is 13.2 Å². The normalized spacial score (nSPS) is 11.4. The average molecular weight is 592 g/mol. The van der Waals surface area contributed by atoms with Crippen LogP contribution in [0.25, 0.3) is 21.5 Å². The molecule has 0 aliphatic heterocycles. The molecule has 3 aromatic carbocycles. The number of rotatable bonds is 16. The van der Waals surface area contributed by atoms with Gasteiger partial charge in [-0.15, -0.1) is 0 Å². The van der Waals surface area contributed by atoms with E-state index in [9.17, 15) is 0 Å². The van der Waals surface area contributed by atoms with Gasteiger partial charge in [0.25, 0.3) is 0 Å². The minimum absolute atomic E-state index is 0.729. The van der Waals surface area contributed by atoms with Gasteiger partial charge in [0.05, 0.1) is 13.2 Å². The molecule has 0 spiro atoms. The first-order valence-corrected chi connectivity index (χ1v) is 14.8. The lowest BCUT2D eigenvalue weighted by atomic mass is 10.00. The predicted octanol–water partition coefficient (Wildman–Crippen LogP) is 11.0. The molecule has 3 rings (SSSR count). The van der Waals surface area contributed by atoms with Gasteiger partial charge in [-0.25, -0.2) is 0 Å². The Morgan fingerprint density at radius 1 is 0.500 bits per heavy atom. The van der Waals surface area contributed by atoms with Crippen LogP contribution in [0.15, 0.2) is 45.3 Å². The summed E-state index contributed by atoms with van der Waals surface area (Å²) in [5, 5.41) is 4.63. The molecule has 2 nitrogen and oxygen atoms in total. The summed E-state index contributed by atoms with van der Waals surface area (Å²) in [4.78, 5) is 0. The van der Waals surface area contributed by atoms with Crippen molar-refractivity contribution in [3.05, 3.63) is 45.3 Å². The quantitative estimate of drug-likeness (QED) is 0.122. The third-order valence-electron chi connectivity index (χ3n) is 6.44. The summed E-state index contributed by atoms with van der Waals surface area (Å²) >= 11 is 7.33. The van der Waals surface area contributed by atoms with E-state index >= 15 is 0 Å². The summed E-state index contributed by atoms with van der Waals surface area (Å²) in [5.41, 5.74) is 0. The molecule has 0 bridgehead atoms. The van der Waals surface area contributed by atoms with Gasteiger partial charge in [-0.2, -0.15) is 0 Å². The van der Waals surface area contributed by atoms with Crippen molar-refractivity contribution in [3.63, 3.8) is 0 Å². The standard InChI is InChI=1S/C30H40Br2O2/c1-3-5-7-9-11-13-19-33-29-25-17-15-23(31)21-27(25)28-22-24(32)16-18-26(28)30(29)34-20-14-12-10-8-6-4-2/h15-18,21-22H,3-14,19-20H2,1-2H3. The molecule has 0 aromatic heterocycles. The second-order valence-electron chi connectivity index (χ2n) is 9.27. The van der Waals surface area contributed by atoms with Gasteiger partial charge in [-0.1, -0.05) is 110 Å². The Hall–Kier alpha value is -1.26. The van der Waals surface area contributed by atoms with Crippen molar-refractivity contribution < 1.29 is 9.47 Å². The van der Waals surface area contributed by atoms with E-state index in [1.807, 2.05) is 0 Å². The first kappa shape index (κ1) is 27.3. The number of fused-ring (bicyclic) bond motifs is 3. The van der Waals surface area contributed by atoms with Gasteiger partial charge in [0.1, 0.15) is 0 Å². The van der Waals surface area contributed by atoms with Crippen LogP contribution in [-0.2, 0) is 0 Å². The SMILES string of the molecule is CCCCCCCCOc1c(OCCCCCCCC)c2ccc(Br)cc2c2cc(Br)ccc12. The summed E-state index contributed by atoms with van der Waals surface area (Å²) < 4.78 is 15.1. The topological polar surface area (TPSA) is 18.5 Å². The molecule has 34 heavy (non-hydrogen) atoms. The maximum Gasteiger partial charge on any atom is 0.169 e. The lowest BCUT2D eigenvalue weighted by Crippen LogP contribution is -2.04. The van der Waals surface area contributed by atoms with E-state index in [1.165, 1.54) is 75.0 Å². The zero-order valence-electron chi connectivity index (χ0n) is 20.9. The van der Waals surface area contributed by atoms with Crippen molar-refractivity contribution in [2.75, 3.05) is 13.2 Å². The van der Waals surface area contributed by atoms with Crippen molar-refractivity contribution in [3.8, 4) is 11.5 Å². The molecule has 0 unspecified atom stereocenters. The molecule has 0 heterocycles. The minimum Gasteiger partial charge on any atom is -0.489 e. The second kappa shape index (κ2) is 15.0. The molecular weight excluding hydrogens is 552 g/mol. The van der Waals surface area contributed by atoms with Crippen LogP contribution in [0.2, 0.25) is 0 Å². The summed E-state index contributed by atoms with van der Waals surface area (Å²) in [7, 11) is 0. The third kappa shape index (κ3) is 7.88. The van der Waals surface area contributed by atoms with Gasteiger partial charge in [-0.3, -0.25) is 0 Å². The van der Waals surface area contributed by atoms with Gasteiger partial charge < -0.3 is 9.47 Å². The number of ether oxygens (including phenoxy) is 2. The molecular formula is C30H40Br2O2. The molecule has 0 saturated heterocycles. The number of hydrogen-bond acceptors (Lipinski definition) is 2. The van der Waals surface area contributed by atoms with Crippen molar-refractivity contribution in [1.82, 2.24) is 0 Å². The van der Waals surface area contributed by atoms with Crippen molar-refractivity contribution >= 4 is 53.4 Å². The van der Waals surface area contributed by atoms with E-state index in [-0.39, 0.29) is 0 Å². The fourth-order valence-electron chi connectivity index (χ4n) is 4.52. The molecule has 0 aliphatic rings. The van der Waals surface area contributed by atoms with Crippen molar-refractivity contribution in [2.45, 2.75) is 90.9 Å². The summed E-state index contributed by atoms with van der Waals surface area (Å²) in [5.74, 6) is 1.80. The highest BCUT2D eigenvalue weighted by atomic mass is 79.9. The van der Waals surface area contributed by atoms with Crippen LogP contribution in [0, 0.1) is 0 Å². The van der Waals surface area contributed by atoms with Gasteiger partial charge in [0.15, 0.2) is 11.5 Å². The third-order valence-corrected chi connectivity index (χ3v) is 7.42. The number of unbranched alkanes of at least 4 members (excludes halogenated alkanes) is 10. The highest BCUT2D eigenvalue weighted by Crippen LogP contribution is 2.45. The van der Waals surface area contributed by atoms with E-state index < -0.39 is 0 Å². The molecule has 0 radical (unpaired) electrons. The van der Waals surface area contributed by atoms with E-state index in [0.717, 1.165) is 57.3 Å². The Morgan fingerprint density at radius 2 is 0.882 bits per heavy atom. The fraction of sp³-hybridized carbons (Fsp3) is 0.533. The average Bonchev–Trinajstić information content (AvgIpc) is 2.83. The first-order chi connectivity index (χ1) is 16.7. The van der Waals surface area contributed by atoms with Crippen LogP contribution in [0.3, 0.4) is 0 Å².